The Hall–Kier alpha value is -1.27. The zero-order chi connectivity index (χ0) is 24.1. The summed E-state index contributed by atoms with van der Waals surface area (Å²) in [5.74, 6) is 3.06. The van der Waals surface area contributed by atoms with E-state index in [1.165, 1.54) is 51.4 Å². The minimum absolute atomic E-state index is 0.00657. The molecule has 4 nitrogen and oxygen atoms in total. The summed E-state index contributed by atoms with van der Waals surface area (Å²) in [5, 5.41) is 10.9. The minimum atomic E-state index is -1.21. The summed E-state index contributed by atoms with van der Waals surface area (Å²) < 4.78 is 26.3. The number of aliphatic hydroxyl groups is 1. The molecule has 5 fully saturated rings. The number of carbonyl (C=O) groups excluding carboxylic acids is 1. The number of carbonyl (C=O) groups is 1. The Labute approximate surface area is 214 Å². The average molecular weight is 515 g/mol. The van der Waals surface area contributed by atoms with Crippen molar-refractivity contribution in [3.8, 4) is 0 Å². The van der Waals surface area contributed by atoms with Crippen LogP contribution in [0.4, 0.5) is 0 Å². The third-order valence-corrected chi connectivity index (χ3v) is 13.8. The molecule has 2 heterocycles. The van der Waals surface area contributed by atoms with E-state index in [2.05, 4.69) is 0 Å². The highest BCUT2D eigenvalue weighted by atomic mass is 32.2. The largest absolute Gasteiger partial charge is 0.511 e. The van der Waals surface area contributed by atoms with Gasteiger partial charge in [0.15, 0.2) is 5.78 Å². The number of fused-ring (bicyclic) bond motifs is 4. The maximum Gasteiger partial charge on any atom is 0.176 e. The summed E-state index contributed by atoms with van der Waals surface area (Å²) in [4.78, 5) is 14.1. The van der Waals surface area contributed by atoms with Crippen LogP contribution in [0.5, 0.6) is 0 Å². The van der Waals surface area contributed by atoms with Crippen LogP contribution in [0.3, 0.4) is 0 Å². The first kappa shape index (κ1) is 24.1. The van der Waals surface area contributed by atoms with Gasteiger partial charge < -0.3 is 5.11 Å². The van der Waals surface area contributed by atoms with Gasteiger partial charge in [-0.15, -0.1) is 0 Å². The lowest BCUT2D eigenvalue weighted by Crippen LogP contribution is -2.37. The number of allylic oxidation sites excluding steroid dienone is 7. The summed E-state index contributed by atoms with van der Waals surface area (Å²) in [7, 11) is -2.37. The second-order valence-electron chi connectivity index (χ2n) is 11.8. The molecule has 0 aromatic heterocycles. The van der Waals surface area contributed by atoms with Crippen molar-refractivity contribution in [2.24, 2.45) is 35.5 Å². The van der Waals surface area contributed by atoms with Crippen molar-refractivity contribution in [1.82, 2.24) is 0 Å². The van der Waals surface area contributed by atoms with Crippen molar-refractivity contribution in [1.29, 1.82) is 0 Å². The molecule has 6 rings (SSSR count). The van der Waals surface area contributed by atoms with Gasteiger partial charge in [0.05, 0.1) is 31.4 Å². The Morgan fingerprint density at radius 2 is 1.23 bits per heavy atom. The Balaban J connectivity index is 1.12. The Kier molecular flexibility index (Phi) is 6.81. The monoisotopic (exact) mass is 514 g/mol. The van der Waals surface area contributed by atoms with E-state index in [9.17, 15) is 18.3 Å². The molecule has 10 atom stereocenters. The number of hydrogen-bond donors (Lipinski definition) is 1. The molecular formula is C29H38O4S2. The van der Waals surface area contributed by atoms with E-state index in [1.807, 2.05) is 0 Å². The van der Waals surface area contributed by atoms with Crippen molar-refractivity contribution in [2.75, 3.05) is 0 Å². The van der Waals surface area contributed by atoms with E-state index in [4.69, 9.17) is 0 Å². The summed E-state index contributed by atoms with van der Waals surface area (Å²) in [6.45, 7) is 0. The molecule has 1 saturated heterocycles. The fourth-order valence-electron chi connectivity index (χ4n) is 8.27. The Morgan fingerprint density at radius 3 is 1.86 bits per heavy atom. The number of ketones is 1. The second-order valence-corrected chi connectivity index (χ2v) is 15.1. The molecule has 0 amide bonds. The van der Waals surface area contributed by atoms with Gasteiger partial charge in [-0.2, -0.15) is 0 Å². The van der Waals surface area contributed by atoms with Crippen LogP contribution >= 0.6 is 0 Å². The van der Waals surface area contributed by atoms with Crippen molar-refractivity contribution >= 4 is 27.4 Å². The number of rotatable bonds is 3. The highest BCUT2D eigenvalue weighted by molar-refractivity contribution is 7.91. The van der Waals surface area contributed by atoms with Crippen molar-refractivity contribution < 1.29 is 18.3 Å². The van der Waals surface area contributed by atoms with Crippen molar-refractivity contribution in [2.45, 2.75) is 87.5 Å². The molecule has 6 aliphatic rings. The molecule has 0 bridgehead atoms. The first-order valence-corrected chi connectivity index (χ1v) is 16.3. The zero-order valence-corrected chi connectivity index (χ0v) is 22.1. The lowest BCUT2D eigenvalue weighted by molar-refractivity contribution is -0.119. The van der Waals surface area contributed by atoms with Gasteiger partial charge in [-0.3, -0.25) is 13.2 Å². The summed E-state index contributed by atoms with van der Waals surface area (Å²) in [6, 6.07) is 0. The molecule has 35 heavy (non-hydrogen) atoms. The van der Waals surface area contributed by atoms with Crippen LogP contribution in [0.25, 0.3) is 0 Å². The molecule has 190 valence electrons. The van der Waals surface area contributed by atoms with Gasteiger partial charge in [-0.25, -0.2) is 0 Å². The second kappa shape index (κ2) is 9.89. The van der Waals surface area contributed by atoms with Gasteiger partial charge in [0.2, 0.25) is 0 Å². The molecule has 0 spiro atoms. The van der Waals surface area contributed by atoms with Crippen LogP contribution in [-0.2, 0) is 26.4 Å². The van der Waals surface area contributed by atoms with Crippen molar-refractivity contribution in [3.05, 3.63) is 45.9 Å². The summed E-state index contributed by atoms with van der Waals surface area (Å²) in [5.41, 5.74) is 0. The van der Waals surface area contributed by atoms with Gasteiger partial charge in [-0.1, -0.05) is 69.6 Å². The van der Waals surface area contributed by atoms with Crippen molar-refractivity contribution in [3.63, 3.8) is 0 Å². The summed E-state index contributed by atoms with van der Waals surface area (Å²) >= 11 is 0. The first-order valence-electron chi connectivity index (χ1n) is 13.9. The molecule has 0 aromatic rings. The summed E-state index contributed by atoms with van der Waals surface area (Å²) in [6.07, 6.45) is 22.8. The van der Waals surface area contributed by atoms with Crippen LogP contribution in [0, 0.1) is 35.5 Å². The third-order valence-electron chi connectivity index (χ3n) is 10.1. The van der Waals surface area contributed by atoms with E-state index in [0.29, 0.717) is 39.2 Å². The van der Waals surface area contributed by atoms with Gasteiger partial charge in [0.1, 0.15) is 5.76 Å². The minimum Gasteiger partial charge on any atom is -0.511 e. The van der Waals surface area contributed by atoms with E-state index < -0.39 is 21.6 Å². The predicted molar refractivity (Wildman–Crippen MR) is 141 cm³/mol. The van der Waals surface area contributed by atoms with Crippen LogP contribution in [0.15, 0.2) is 45.9 Å². The lowest BCUT2D eigenvalue weighted by Gasteiger charge is -2.40. The standard InChI is InChI=1S/C29H38O4S2/c30-28-22-14-18-8-4-6-10-20(18)16-26(22)34(32)24(28)12-2-1-3-13-25-29(31)23-15-19-9-5-7-11-21(19)17-27(23)35(25)33/h1-3,12-13,18-23,26-27,30H,4-11,14-17H2. The smallest absolute Gasteiger partial charge is 0.176 e. The molecule has 0 radical (unpaired) electrons. The third kappa shape index (κ3) is 4.31. The van der Waals surface area contributed by atoms with Crippen LogP contribution in [-0.4, -0.2) is 29.8 Å². The molecule has 2 aliphatic heterocycles. The van der Waals surface area contributed by atoms with Crippen LogP contribution in [0.1, 0.15) is 77.0 Å². The first-order chi connectivity index (χ1) is 17.0. The molecule has 6 heteroatoms. The highest BCUT2D eigenvalue weighted by Crippen LogP contribution is 2.51. The Bertz CT molecular complexity index is 1020. The maximum atomic E-state index is 13.2. The Morgan fingerprint density at radius 1 is 0.686 bits per heavy atom. The van der Waals surface area contributed by atoms with Gasteiger partial charge in [-0.05, 0) is 61.5 Å². The quantitative estimate of drug-likeness (QED) is 0.369. The van der Waals surface area contributed by atoms with E-state index in [1.54, 1.807) is 30.4 Å². The normalized spacial score (nSPS) is 46.7. The zero-order valence-electron chi connectivity index (χ0n) is 20.5. The number of hydrogen-bond acceptors (Lipinski definition) is 4. The molecular weight excluding hydrogens is 476 g/mol. The van der Waals surface area contributed by atoms with Gasteiger partial charge in [0.25, 0.3) is 0 Å². The van der Waals surface area contributed by atoms with E-state index >= 15 is 0 Å². The van der Waals surface area contributed by atoms with Crippen LogP contribution < -0.4 is 0 Å². The predicted octanol–water partition coefficient (Wildman–Crippen LogP) is 6.02. The number of Topliss-reactive ketones (excluding diaryl/α,β-unsaturated/α-hetero) is 1. The van der Waals surface area contributed by atoms with Gasteiger partial charge in [0, 0.05) is 22.3 Å². The van der Waals surface area contributed by atoms with E-state index in [-0.39, 0.29) is 28.1 Å². The fraction of sp³-hybridized carbons (Fsp3) is 0.690. The highest BCUT2D eigenvalue weighted by Gasteiger charge is 2.50. The van der Waals surface area contributed by atoms with Gasteiger partial charge >= 0.3 is 0 Å². The van der Waals surface area contributed by atoms with E-state index in [0.717, 1.165) is 25.7 Å². The topological polar surface area (TPSA) is 71.4 Å². The fourth-order valence-corrected chi connectivity index (χ4v) is 12.0. The molecule has 4 saturated carbocycles. The average Bonchev–Trinajstić information content (AvgIpc) is 3.25. The molecule has 0 aromatic carbocycles. The molecule has 1 N–H and O–H groups in total. The maximum absolute atomic E-state index is 13.2. The SMILES string of the molecule is O=C1C(=CC=CC=CC2=C(O)C3CC4CCCCC4CC3S2=O)S(=O)C2CC3CCCCC3CC12. The molecule has 10 unspecified atom stereocenters. The number of aliphatic hydroxyl groups excluding tert-OH is 1. The lowest BCUT2D eigenvalue weighted by atomic mass is 9.66. The molecule has 4 aliphatic carbocycles. The van der Waals surface area contributed by atoms with Crippen LogP contribution in [0.2, 0.25) is 0 Å².